The van der Waals surface area contributed by atoms with Gasteiger partial charge in [0.05, 0.1) is 24.4 Å². The summed E-state index contributed by atoms with van der Waals surface area (Å²) in [6.07, 6.45) is 0.981. The lowest BCUT2D eigenvalue weighted by Gasteiger charge is -2.21. The van der Waals surface area contributed by atoms with E-state index in [2.05, 4.69) is 0 Å². The van der Waals surface area contributed by atoms with Gasteiger partial charge in [0.1, 0.15) is 0 Å². The van der Waals surface area contributed by atoms with Gasteiger partial charge in [-0.15, -0.1) is 0 Å². The molecule has 0 heterocycles. The van der Waals surface area contributed by atoms with Gasteiger partial charge in [-0.05, 0) is 24.5 Å². The zero-order valence-corrected chi connectivity index (χ0v) is 12.3. The molecule has 0 aromatic heterocycles. The molecule has 1 saturated carbocycles. The first kappa shape index (κ1) is 16.5. The van der Waals surface area contributed by atoms with E-state index < -0.39 is 30.0 Å². The van der Waals surface area contributed by atoms with Gasteiger partial charge in [-0.2, -0.15) is 0 Å². The molecule has 5 heteroatoms. The lowest BCUT2D eigenvalue weighted by atomic mass is 9.88. The van der Waals surface area contributed by atoms with E-state index in [-0.39, 0.29) is 18.6 Å². The van der Waals surface area contributed by atoms with Gasteiger partial charge in [0.25, 0.3) is 0 Å². The highest BCUT2D eigenvalue weighted by atomic mass is 16.4. The summed E-state index contributed by atoms with van der Waals surface area (Å²) in [7, 11) is 0. The Hall–Kier alpha value is -1.85. The lowest BCUT2D eigenvalue weighted by molar-refractivity contribution is -0.139. The van der Waals surface area contributed by atoms with Gasteiger partial charge in [-0.25, -0.2) is 0 Å². The van der Waals surface area contributed by atoms with Crippen LogP contribution < -0.4 is 0 Å². The molecule has 2 rings (SSSR count). The number of hydrogen-bond donors (Lipinski definition) is 4. The molecule has 5 nitrogen and oxygen atoms in total. The van der Waals surface area contributed by atoms with Gasteiger partial charge in [-0.3, -0.25) is 4.79 Å². The maximum Gasteiger partial charge on any atom is 0.303 e. The van der Waals surface area contributed by atoms with Gasteiger partial charge in [-0.1, -0.05) is 30.3 Å². The van der Waals surface area contributed by atoms with Crippen LogP contribution in [0.2, 0.25) is 0 Å². The Balaban J connectivity index is 2.00. The number of aryl methyl sites for hydroxylation is 1. The summed E-state index contributed by atoms with van der Waals surface area (Å²) in [6.45, 7) is 0. The Labute approximate surface area is 129 Å². The van der Waals surface area contributed by atoms with Crippen LogP contribution in [-0.4, -0.2) is 38.6 Å². The predicted molar refractivity (Wildman–Crippen MR) is 81.3 cm³/mol. The van der Waals surface area contributed by atoms with E-state index in [9.17, 15) is 20.1 Å². The Morgan fingerprint density at radius 1 is 1.14 bits per heavy atom. The monoisotopic (exact) mass is 306 g/mol. The van der Waals surface area contributed by atoms with Crippen molar-refractivity contribution in [2.24, 2.45) is 11.8 Å². The second-order valence-electron chi connectivity index (χ2n) is 5.81. The van der Waals surface area contributed by atoms with E-state index >= 15 is 0 Å². The van der Waals surface area contributed by atoms with Crippen molar-refractivity contribution >= 4 is 5.97 Å². The fourth-order valence-electron chi connectivity index (χ4n) is 3.14. The molecule has 1 aliphatic carbocycles. The molecular weight excluding hydrogens is 284 g/mol. The zero-order chi connectivity index (χ0) is 16.1. The van der Waals surface area contributed by atoms with E-state index in [1.165, 1.54) is 0 Å². The molecule has 0 bridgehead atoms. The Kier molecular flexibility index (Phi) is 5.57. The number of allylic oxidation sites excluding steroid dienone is 1. The molecule has 22 heavy (non-hydrogen) atoms. The summed E-state index contributed by atoms with van der Waals surface area (Å²) in [4.78, 5) is 10.9. The Bertz CT molecular complexity index is 525. The summed E-state index contributed by atoms with van der Waals surface area (Å²) in [5, 5.41) is 38.9. The number of aliphatic hydroxyl groups is 3. The van der Waals surface area contributed by atoms with Crippen LogP contribution in [0.25, 0.3) is 0 Å². The second kappa shape index (κ2) is 7.42. The van der Waals surface area contributed by atoms with Crippen molar-refractivity contribution in [1.29, 1.82) is 0 Å². The summed E-state index contributed by atoms with van der Waals surface area (Å²) in [6, 6.07) is 9.81. The number of aliphatic hydroxyl groups excluding tert-OH is 3. The minimum Gasteiger partial charge on any atom is -0.512 e. The molecule has 1 fully saturated rings. The van der Waals surface area contributed by atoms with Crippen molar-refractivity contribution in [1.82, 2.24) is 0 Å². The molecule has 0 spiro atoms. The third-order valence-electron chi connectivity index (χ3n) is 4.23. The van der Waals surface area contributed by atoms with Crippen LogP contribution >= 0.6 is 0 Å². The van der Waals surface area contributed by atoms with Crippen molar-refractivity contribution in [3.63, 3.8) is 0 Å². The highest BCUT2D eigenvalue weighted by Gasteiger charge is 2.44. The normalized spacial score (nSPS) is 28.7. The van der Waals surface area contributed by atoms with E-state index in [1.54, 1.807) is 6.08 Å². The SMILES string of the molecule is O=C(O)C[C@@H]1[C@@H](C(O)=CCCc2ccccc2)[C@@H](O)C[C@@H]1O. The average Bonchev–Trinajstić information content (AvgIpc) is 2.73. The van der Waals surface area contributed by atoms with E-state index in [0.29, 0.717) is 6.42 Å². The third-order valence-corrected chi connectivity index (χ3v) is 4.23. The summed E-state index contributed by atoms with van der Waals surface area (Å²) >= 11 is 0. The minimum absolute atomic E-state index is 0.0220. The van der Waals surface area contributed by atoms with Crippen LogP contribution in [0.3, 0.4) is 0 Å². The summed E-state index contributed by atoms with van der Waals surface area (Å²) in [5.74, 6) is -2.42. The van der Waals surface area contributed by atoms with Crippen molar-refractivity contribution in [2.75, 3.05) is 0 Å². The molecular formula is C17H22O5. The zero-order valence-electron chi connectivity index (χ0n) is 12.3. The first-order valence-electron chi connectivity index (χ1n) is 7.50. The molecule has 4 atom stereocenters. The van der Waals surface area contributed by atoms with E-state index in [4.69, 9.17) is 5.11 Å². The molecule has 0 saturated heterocycles. The standard InChI is InChI=1S/C17H22O5/c18-13(8-4-7-11-5-2-1-3-6-11)17-12(9-16(21)22)14(19)10-15(17)20/h1-3,5-6,8,12,14-15,17-20H,4,7,9-10H2,(H,21,22)/t12-,14-,15-,17-/m0/s1. The number of benzene rings is 1. The average molecular weight is 306 g/mol. The highest BCUT2D eigenvalue weighted by molar-refractivity contribution is 5.67. The van der Waals surface area contributed by atoms with Crippen LogP contribution in [-0.2, 0) is 11.2 Å². The van der Waals surface area contributed by atoms with Gasteiger partial charge in [0.15, 0.2) is 0 Å². The number of carboxylic acids is 1. The minimum atomic E-state index is -1.04. The molecule has 0 radical (unpaired) electrons. The van der Waals surface area contributed by atoms with Gasteiger partial charge >= 0.3 is 5.97 Å². The second-order valence-corrected chi connectivity index (χ2v) is 5.81. The van der Waals surface area contributed by atoms with Crippen molar-refractivity contribution in [3.05, 3.63) is 47.7 Å². The third kappa shape index (κ3) is 4.08. The maximum atomic E-state index is 10.9. The van der Waals surface area contributed by atoms with Crippen LogP contribution in [0.15, 0.2) is 42.2 Å². The van der Waals surface area contributed by atoms with Crippen LogP contribution in [0.5, 0.6) is 0 Å². The van der Waals surface area contributed by atoms with Gasteiger partial charge in [0.2, 0.25) is 0 Å². The summed E-state index contributed by atoms with van der Waals surface area (Å²) in [5.41, 5.74) is 1.14. The first-order valence-corrected chi connectivity index (χ1v) is 7.50. The largest absolute Gasteiger partial charge is 0.512 e. The van der Waals surface area contributed by atoms with Crippen LogP contribution in [0, 0.1) is 11.8 Å². The topological polar surface area (TPSA) is 98.0 Å². The summed E-state index contributed by atoms with van der Waals surface area (Å²) < 4.78 is 0. The molecule has 120 valence electrons. The molecule has 1 aromatic carbocycles. The highest BCUT2D eigenvalue weighted by Crippen LogP contribution is 2.38. The molecule has 1 aliphatic rings. The number of aliphatic carboxylic acids is 1. The Morgan fingerprint density at radius 2 is 1.82 bits per heavy atom. The molecule has 4 N–H and O–H groups in total. The van der Waals surface area contributed by atoms with Crippen LogP contribution in [0.4, 0.5) is 0 Å². The van der Waals surface area contributed by atoms with Gasteiger partial charge in [0, 0.05) is 18.3 Å². The van der Waals surface area contributed by atoms with Crippen molar-refractivity contribution in [3.8, 4) is 0 Å². The number of hydrogen-bond acceptors (Lipinski definition) is 4. The van der Waals surface area contributed by atoms with Crippen molar-refractivity contribution < 1.29 is 25.2 Å². The fraction of sp³-hybridized carbons (Fsp3) is 0.471. The fourth-order valence-corrected chi connectivity index (χ4v) is 3.14. The maximum absolute atomic E-state index is 10.9. The molecule has 0 aliphatic heterocycles. The smallest absolute Gasteiger partial charge is 0.303 e. The number of rotatable bonds is 6. The lowest BCUT2D eigenvalue weighted by Crippen LogP contribution is -2.26. The van der Waals surface area contributed by atoms with E-state index in [1.807, 2.05) is 30.3 Å². The van der Waals surface area contributed by atoms with Crippen LogP contribution in [0.1, 0.15) is 24.8 Å². The number of carboxylic acid groups (broad SMARTS) is 1. The number of carbonyl (C=O) groups is 1. The quantitative estimate of drug-likeness (QED) is 0.602. The predicted octanol–water partition coefficient (Wildman–Crippen LogP) is 1.89. The molecule has 0 amide bonds. The first-order chi connectivity index (χ1) is 10.5. The molecule has 1 aromatic rings. The van der Waals surface area contributed by atoms with Crippen molar-refractivity contribution in [2.45, 2.75) is 37.9 Å². The van der Waals surface area contributed by atoms with Gasteiger partial charge < -0.3 is 20.4 Å². The van der Waals surface area contributed by atoms with E-state index in [0.717, 1.165) is 12.0 Å². The molecule has 0 unspecified atom stereocenters. The Morgan fingerprint density at radius 3 is 2.45 bits per heavy atom.